The number of nitrogens with two attached hydrogens (primary N) is 1. The van der Waals surface area contributed by atoms with Crippen LogP contribution in [-0.2, 0) is 4.74 Å². The Bertz CT molecular complexity index is 350. The summed E-state index contributed by atoms with van der Waals surface area (Å²) in [6, 6.07) is 9.01. The second kappa shape index (κ2) is 5.63. The number of nitrogens with zero attached hydrogens (tertiary/aromatic N) is 1. The highest BCUT2D eigenvalue weighted by Gasteiger charge is 2.28. The molecule has 1 heterocycles. The van der Waals surface area contributed by atoms with Crippen LogP contribution in [0.2, 0.25) is 0 Å². The van der Waals surface area contributed by atoms with Crippen molar-refractivity contribution in [1.29, 1.82) is 0 Å². The van der Waals surface area contributed by atoms with Gasteiger partial charge in [0.25, 0.3) is 0 Å². The fourth-order valence-electron chi connectivity index (χ4n) is 2.51. The molecule has 0 bridgehead atoms. The zero-order valence-corrected chi connectivity index (χ0v) is 10.7. The van der Waals surface area contributed by atoms with Crippen molar-refractivity contribution in [1.82, 2.24) is 4.90 Å². The molecular weight excluding hydrogens is 212 g/mol. The Morgan fingerprint density at radius 2 is 2.12 bits per heavy atom. The summed E-state index contributed by atoms with van der Waals surface area (Å²) in [5, 5.41) is 0. The van der Waals surface area contributed by atoms with Crippen LogP contribution in [0, 0.1) is 6.92 Å². The molecule has 0 saturated carbocycles. The van der Waals surface area contributed by atoms with E-state index in [1.807, 2.05) is 0 Å². The molecule has 1 aromatic carbocycles. The van der Waals surface area contributed by atoms with Crippen molar-refractivity contribution in [2.24, 2.45) is 5.73 Å². The summed E-state index contributed by atoms with van der Waals surface area (Å²) in [7, 11) is 1.79. The highest BCUT2D eigenvalue weighted by atomic mass is 16.5. The molecule has 0 aromatic heterocycles. The summed E-state index contributed by atoms with van der Waals surface area (Å²) in [5.74, 6) is 0. The molecule has 2 atom stereocenters. The van der Waals surface area contributed by atoms with Crippen molar-refractivity contribution >= 4 is 0 Å². The maximum absolute atomic E-state index is 5.93. The van der Waals surface area contributed by atoms with Crippen molar-refractivity contribution in [3.8, 4) is 0 Å². The average molecular weight is 234 g/mol. The number of hydrogen-bond acceptors (Lipinski definition) is 3. The highest BCUT2D eigenvalue weighted by molar-refractivity contribution is 5.24. The first-order valence-corrected chi connectivity index (χ1v) is 6.28. The molecule has 1 fully saturated rings. The van der Waals surface area contributed by atoms with Crippen molar-refractivity contribution in [3.05, 3.63) is 35.4 Å². The summed E-state index contributed by atoms with van der Waals surface area (Å²) in [4.78, 5) is 2.43. The molecule has 3 heteroatoms. The summed E-state index contributed by atoms with van der Waals surface area (Å²) in [6.07, 6.45) is 1.48. The molecule has 0 spiro atoms. The van der Waals surface area contributed by atoms with Crippen LogP contribution >= 0.6 is 0 Å². The quantitative estimate of drug-likeness (QED) is 0.862. The normalized spacial score (nSPS) is 22.9. The third kappa shape index (κ3) is 2.86. The van der Waals surface area contributed by atoms with Crippen LogP contribution in [-0.4, -0.2) is 37.7 Å². The van der Waals surface area contributed by atoms with Gasteiger partial charge in [-0.15, -0.1) is 0 Å². The number of likely N-dealkylation sites (tertiary alicyclic amines) is 1. The monoisotopic (exact) mass is 234 g/mol. The fourth-order valence-corrected chi connectivity index (χ4v) is 2.51. The maximum atomic E-state index is 5.93. The Kier molecular flexibility index (Phi) is 4.15. The zero-order valence-electron chi connectivity index (χ0n) is 10.7. The Morgan fingerprint density at radius 3 is 2.65 bits per heavy atom. The molecule has 1 saturated heterocycles. The lowest BCUT2D eigenvalue weighted by molar-refractivity contribution is 0.101. The van der Waals surface area contributed by atoms with E-state index < -0.39 is 0 Å². The molecule has 2 N–H and O–H groups in total. The largest absolute Gasteiger partial charge is 0.380 e. The third-order valence-corrected chi connectivity index (χ3v) is 3.64. The predicted molar refractivity (Wildman–Crippen MR) is 70.0 cm³/mol. The summed E-state index contributed by atoms with van der Waals surface area (Å²) < 4.78 is 5.41. The van der Waals surface area contributed by atoms with Crippen LogP contribution in [0.15, 0.2) is 24.3 Å². The Labute approximate surface area is 104 Å². The van der Waals surface area contributed by atoms with Gasteiger partial charge < -0.3 is 10.5 Å². The third-order valence-electron chi connectivity index (χ3n) is 3.64. The molecule has 2 rings (SSSR count). The van der Waals surface area contributed by atoms with Gasteiger partial charge >= 0.3 is 0 Å². The molecular formula is C14H22N2O. The standard InChI is InChI=1S/C14H22N2O/c1-11-3-5-12(6-4-11)14(9-15)16-8-7-13(10-16)17-2/h3-6,13-14H,7-10,15H2,1-2H3. The van der Waals surface area contributed by atoms with Gasteiger partial charge in [-0.05, 0) is 18.9 Å². The van der Waals surface area contributed by atoms with Crippen molar-refractivity contribution in [2.75, 3.05) is 26.7 Å². The molecule has 0 amide bonds. The minimum atomic E-state index is 0.329. The highest BCUT2D eigenvalue weighted by Crippen LogP contribution is 2.25. The SMILES string of the molecule is COC1CCN(C(CN)c2ccc(C)cc2)C1. The minimum Gasteiger partial charge on any atom is -0.380 e. The summed E-state index contributed by atoms with van der Waals surface area (Å²) in [5.41, 5.74) is 8.53. The molecule has 0 aliphatic carbocycles. The van der Waals surface area contributed by atoms with Crippen LogP contribution in [0.4, 0.5) is 0 Å². The Morgan fingerprint density at radius 1 is 1.41 bits per heavy atom. The van der Waals surface area contributed by atoms with E-state index in [9.17, 15) is 0 Å². The van der Waals surface area contributed by atoms with Gasteiger partial charge in [0.1, 0.15) is 0 Å². The molecule has 1 aromatic rings. The van der Waals surface area contributed by atoms with Crippen LogP contribution in [0.1, 0.15) is 23.6 Å². The van der Waals surface area contributed by atoms with Crippen molar-refractivity contribution < 1.29 is 4.74 Å². The van der Waals surface area contributed by atoms with Crippen LogP contribution < -0.4 is 5.73 Å². The number of ether oxygens (including phenoxy) is 1. The van der Waals surface area contributed by atoms with E-state index in [0.717, 1.165) is 19.5 Å². The van der Waals surface area contributed by atoms with Gasteiger partial charge in [0.05, 0.1) is 6.10 Å². The lowest BCUT2D eigenvalue weighted by Crippen LogP contribution is -2.32. The molecule has 1 aliphatic heterocycles. The van der Waals surface area contributed by atoms with E-state index in [1.165, 1.54) is 11.1 Å². The lowest BCUT2D eigenvalue weighted by Gasteiger charge is -2.27. The Hall–Kier alpha value is -0.900. The molecule has 94 valence electrons. The van der Waals surface area contributed by atoms with E-state index in [1.54, 1.807) is 7.11 Å². The molecule has 0 radical (unpaired) electrons. The van der Waals surface area contributed by atoms with Gasteiger partial charge in [-0.3, -0.25) is 4.90 Å². The van der Waals surface area contributed by atoms with Gasteiger partial charge in [-0.25, -0.2) is 0 Å². The predicted octanol–water partition coefficient (Wildman–Crippen LogP) is 1.72. The molecule has 2 unspecified atom stereocenters. The summed E-state index contributed by atoms with van der Waals surface area (Å²) in [6.45, 7) is 4.85. The summed E-state index contributed by atoms with van der Waals surface area (Å²) >= 11 is 0. The number of hydrogen-bond donors (Lipinski definition) is 1. The maximum Gasteiger partial charge on any atom is 0.0710 e. The van der Waals surface area contributed by atoms with E-state index in [2.05, 4.69) is 36.1 Å². The fraction of sp³-hybridized carbons (Fsp3) is 0.571. The topological polar surface area (TPSA) is 38.5 Å². The second-order valence-corrected chi connectivity index (χ2v) is 4.80. The number of benzene rings is 1. The smallest absolute Gasteiger partial charge is 0.0710 e. The second-order valence-electron chi connectivity index (χ2n) is 4.80. The zero-order chi connectivity index (χ0) is 12.3. The molecule has 17 heavy (non-hydrogen) atoms. The van der Waals surface area contributed by atoms with E-state index in [-0.39, 0.29) is 0 Å². The van der Waals surface area contributed by atoms with Crippen LogP contribution in [0.5, 0.6) is 0 Å². The number of aryl methyl sites for hydroxylation is 1. The van der Waals surface area contributed by atoms with Crippen LogP contribution in [0.25, 0.3) is 0 Å². The van der Waals surface area contributed by atoms with Gasteiger partial charge in [0, 0.05) is 32.8 Å². The number of methoxy groups -OCH3 is 1. The molecule has 1 aliphatic rings. The van der Waals surface area contributed by atoms with Gasteiger partial charge in [-0.2, -0.15) is 0 Å². The minimum absolute atomic E-state index is 0.329. The van der Waals surface area contributed by atoms with E-state index >= 15 is 0 Å². The van der Waals surface area contributed by atoms with Crippen LogP contribution in [0.3, 0.4) is 0 Å². The Balaban J connectivity index is 2.08. The average Bonchev–Trinajstić information content (AvgIpc) is 2.81. The first-order valence-electron chi connectivity index (χ1n) is 6.28. The first-order chi connectivity index (χ1) is 8.24. The van der Waals surface area contributed by atoms with Crippen molar-refractivity contribution in [3.63, 3.8) is 0 Å². The van der Waals surface area contributed by atoms with Gasteiger partial charge in [0.15, 0.2) is 0 Å². The first kappa shape index (κ1) is 12.6. The van der Waals surface area contributed by atoms with Gasteiger partial charge in [-0.1, -0.05) is 29.8 Å². The lowest BCUT2D eigenvalue weighted by atomic mass is 10.0. The molecule has 3 nitrogen and oxygen atoms in total. The van der Waals surface area contributed by atoms with Crippen molar-refractivity contribution in [2.45, 2.75) is 25.5 Å². The van der Waals surface area contributed by atoms with E-state index in [0.29, 0.717) is 18.7 Å². The van der Waals surface area contributed by atoms with E-state index in [4.69, 9.17) is 10.5 Å². The van der Waals surface area contributed by atoms with Gasteiger partial charge in [0.2, 0.25) is 0 Å². The number of rotatable bonds is 4.